The lowest BCUT2D eigenvalue weighted by molar-refractivity contribution is 0.0879. The maximum atomic E-state index is 12.0. The van der Waals surface area contributed by atoms with E-state index in [-0.39, 0.29) is 30.2 Å². The highest BCUT2D eigenvalue weighted by Crippen LogP contribution is 2.18. The van der Waals surface area contributed by atoms with Crippen molar-refractivity contribution in [2.75, 3.05) is 6.61 Å². The van der Waals surface area contributed by atoms with Gasteiger partial charge < -0.3 is 14.9 Å². The summed E-state index contributed by atoms with van der Waals surface area (Å²) in [6, 6.07) is 11.0. The lowest BCUT2D eigenvalue weighted by atomic mass is 10.1. The molecule has 0 aliphatic heterocycles. The third kappa shape index (κ3) is 3.24. The number of nitrogens with zero attached hydrogens (tertiary/aromatic N) is 1. The van der Waals surface area contributed by atoms with E-state index in [1.54, 1.807) is 6.07 Å². The Morgan fingerprint density at radius 1 is 1.35 bits per heavy atom. The van der Waals surface area contributed by atoms with Gasteiger partial charge in [-0.15, -0.1) is 0 Å². The van der Waals surface area contributed by atoms with Crippen LogP contribution in [-0.4, -0.2) is 28.8 Å². The minimum atomic E-state index is -0.326. The molecule has 5 heteroatoms. The first-order valence-electron chi connectivity index (χ1n) is 6.55. The van der Waals surface area contributed by atoms with Crippen molar-refractivity contribution in [1.82, 2.24) is 10.5 Å². The summed E-state index contributed by atoms with van der Waals surface area (Å²) in [5, 5.41) is 15.7. The molecule has 2 rings (SSSR count). The Morgan fingerprint density at radius 2 is 2.05 bits per heavy atom. The molecule has 0 saturated carbocycles. The number of aromatic nitrogens is 1. The van der Waals surface area contributed by atoms with Crippen LogP contribution in [0.4, 0.5) is 0 Å². The molecule has 5 nitrogen and oxygen atoms in total. The van der Waals surface area contributed by atoms with Crippen LogP contribution in [0.15, 0.2) is 40.9 Å². The fraction of sp³-hybridized carbons (Fsp3) is 0.333. The van der Waals surface area contributed by atoms with E-state index in [9.17, 15) is 4.79 Å². The predicted octanol–water partition coefficient (Wildman–Crippen LogP) is 2.09. The normalized spacial score (nSPS) is 13.8. The van der Waals surface area contributed by atoms with Crippen LogP contribution in [0.5, 0.6) is 0 Å². The second kappa shape index (κ2) is 6.34. The Balaban J connectivity index is 2.07. The molecule has 2 atom stereocenters. The van der Waals surface area contributed by atoms with E-state index < -0.39 is 0 Å². The van der Waals surface area contributed by atoms with Crippen molar-refractivity contribution in [2.24, 2.45) is 5.92 Å². The van der Waals surface area contributed by atoms with Gasteiger partial charge in [0.15, 0.2) is 0 Å². The van der Waals surface area contributed by atoms with Crippen molar-refractivity contribution >= 4 is 5.91 Å². The number of aliphatic hydroxyl groups is 1. The highest BCUT2D eigenvalue weighted by atomic mass is 16.5. The molecule has 0 aliphatic carbocycles. The predicted molar refractivity (Wildman–Crippen MR) is 75.1 cm³/mol. The topological polar surface area (TPSA) is 75.4 Å². The average molecular weight is 274 g/mol. The fourth-order valence-corrected chi connectivity index (χ4v) is 1.71. The number of nitrogens with one attached hydrogen (secondary N) is 1. The highest BCUT2D eigenvalue weighted by molar-refractivity contribution is 5.92. The van der Waals surface area contributed by atoms with E-state index in [1.807, 2.05) is 44.2 Å². The molecule has 1 heterocycles. The van der Waals surface area contributed by atoms with E-state index in [0.717, 1.165) is 5.56 Å². The fourth-order valence-electron chi connectivity index (χ4n) is 1.71. The lowest BCUT2D eigenvalue weighted by Crippen LogP contribution is -2.38. The number of aliphatic hydroxyl groups excluding tert-OH is 1. The molecule has 0 bridgehead atoms. The molecule has 0 radical (unpaired) electrons. The minimum absolute atomic E-state index is 0.0181. The van der Waals surface area contributed by atoms with E-state index in [1.165, 1.54) is 0 Å². The summed E-state index contributed by atoms with van der Waals surface area (Å²) in [6.45, 7) is 3.72. The molecular formula is C15H18N2O3. The van der Waals surface area contributed by atoms with Crippen molar-refractivity contribution in [2.45, 2.75) is 19.9 Å². The van der Waals surface area contributed by atoms with E-state index in [4.69, 9.17) is 9.63 Å². The number of benzene rings is 1. The molecule has 0 aliphatic rings. The number of hydrogen-bond donors (Lipinski definition) is 2. The molecule has 0 fully saturated rings. The molecule has 2 N–H and O–H groups in total. The smallest absolute Gasteiger partial charge is 0.290 e. The number of carbonyl (C=O) groups is 1. The third-order valence-corrected chi connectivity index (χ3v) is 3.30. The SMILES string of the molecule is CC(CO)C(C)NC(=O)c1cc(-c2ccccc2)no1. The van der Waals surface area contributed by atoms with Crippen LogP contribution >= 0.6 is 0 Å². The van der Waals surface area contributed by atoms with Gasteiger partial charge in [-0.1, -0.05) is 42.4 Å². The summed E-state index contributed by atoms with van der Waals surface area (Å²) in [5.41, 5.74) is 1.52. The van der Waals surface area contributed by atoms with Gasteiger partial charge in [0.25, 0.3) is 5.91 Å². The van der Waals surface area contributed by atoms with Crippen LogP contribution in [0.1, 0.15) is 24.4 Å². The monoisotopic (exact) mass is 274 g/mol. The van der Waals surface area contributed by atoms with Crippen LogP contribution in [0.3, 0.4) is 0 Å². The number of hydrogen-bond acceptors (Lipinski definition) is 4. The Bertz CT molecular complexity index is 566. The number of carbonyl (C=O) groups excluding carboxylic acids is 1. The molecule has 0 saturated heterocycles. The first-order valence-corrected chi connectivity index (χ1v) is 6.55. The quantitative estimate of drug-likeness (QED) is 0.875. The van der Waals surface area contributed by atoms with Gasteiger partial charge in [-0.05, 0) is 12.8 Å². The first kappa shape index (κ1) is 14.3. The maximum Gasteiger partial charge on any atom is 0.290 e. The molecule has 106 valence electrons. The van der Waals surface area contributed by atoms with E-state index in [0.29, 0.717) is 5.69 Å². The largest absolute Gasteiger partial charge is 0.396 e. The highest BCUT2D eigenvalue weighted by Gasteiger charge is 2.18. The summed E-state index contributed by atoms with van der Waals surface area (Å²) in [5.74, 6) is -0.177. The van der Waals surface area contributed by atoms with E-state index >= 15 is 0 Å². The van der Waals surface area contributed by atoms with Gasteiger partial charge in [0.05, 0.1) is 0 Å². The van der Waals surface area contributed by atoms with Crippen LogP contribution < -0.4 is 5.32 Å². The molecule has 2 unspecified atom stereocenters. The zero-order chi connectivity index (χ0) is 14.5. The van der Waals surface area contributed by atoms with E-state index in [2.05, 4.69) is 10.5 Å². The van der Waals surface area contributed by atoms with Gasteiger partial charge in [0.2, 0.25) is 5.76 Å². The Hall–Kier alpha value is -2.14. The Morgan fingerprint density at radius 3 is 2.70 bits per heavy atom. The van der Waals surface area contributed by atoms with Crippen molar-refractivity contribution in [3.05, 3.63) is 42.2 Å². The van der Waals surface area contributed by atoms with Gasteiger partial charge in [-0.25, -0.2) is 0 Å². The number of amides is 1. The number of rotatable bonds is 5. The van der Waals surface area contributed by atoms with Crippen molar-refractivity contribution < 1.29 is 14.4 Å². The Kier molecular flexibility index (Phi) is 4.53. The second-order valence-corrected chi connectivity index (χ2v) is 4.86. The van der Waals surface area contributed by atoms with Gasteiger partial charge >= 0.3 is 0 Å². The van der Waals surface area contributed by atoms with Crippen LogP contribution in [0.2, 0.25) is 0 Å². The van der Waals surface area contributed by atoms with Gasteiger partial charge in [0.1, 0.15) is 5.69 Å². The standard InChI is InChI=1S/C15H18N2O3/c1-10(9-18)11(2)16-15(19)14-8-13(17-20-14)12-6-4-3-5-7-12/h3-8,10-11,18H,9H2,1-2H3,(H,16,19). The summed E-state index contributed by atoms with van der Waals surface area (Å²) in [7, 11) is 0. The second-order valence-electron chi connectivity index (χ2n) is 4.86. The zero-order valence-corrected chi connectivity index (χ0v) is 11.5. The molecule has 1 aromatic carbocycles. The van der Waals surface area contributed by atoms with Gasteiger partial charge in [0, 0.05) is 24.3 Å². The van der Waals surface area contributed by atoms with Gasteiger partial charge in [-0.3, -0.25) is 4.79 Å². The van der Waals surface area contributed by atoms with Gasteiger partial charge in [-0.2, -0.15) is 0 Å². The van der Waals surface area contributed by atoms with Crippen molar-refractivity contribution in [3.63, 3.8) is 0 Å². The molecule has 1 aromatic heterocycles. The zero-order valence-electron chi connectivity index (χ0n) is 11.5. The van der Waals surface area contributed by atoms with Crippen LogP contribution in [-0.2, 0) is 0 Å². The summed E-state index contributed by atoms with van der Waals surface area (Å²) in [4.78, 5) is 12.0. The summed E-state index contributed by atoms with van der Waals surface area (Å²) >= 11 is 0. The molecule has 2 aromatic rings. The van der Waals surface area contributed by atoms with Crippen molar-refractivity contribution in [3.8, 4) is 11.3 Å². The molecular weight excluding hydrogens is 256 g/mol. The average Bonchev–Trinajstić information content (AvgIpc) is 2.97. The molecule has 1 amide bonds. The lowest BCUT2D eigenvalue weighted by Gasteiger charge is -2.18. The Labute approximate surface area is 117 Å². The maximum absolute atomic E-state index is 12.0. The summed E-state index contributed by atoms with van der Waals surface area (Å²) < 4.78 is 5.07. The minimum Gasteiger partial charge on any atom is -0.396 e. The molecule has 20 heavy (non-hydrogen) atoms. The van der Waals surface area contributed by atoms with Crippen LogP contribution in [0, 0.1) is 5.92 Å². The third-order valence-electron chi connectivity index (χ3n) is 3.30. The summed E-state index contributed by atoms with van der Waals surface area (Å²) in [6.07, 6.45) is 0. The first-order chi connectivity index (χ1) is 9.61. The van der Waals surface area contributed by atoms with Crippen LogP contribution in [0.25, 0.3) is 11.3 Å². The molecule has 0 spiro atoms. The van der Waals surface area contributed by atoms with Crippen molar-refractivity contribution in [1.29, 1.82) is 0 Å².